The minimum Gasteiger partial charge on any atom is -0.486 e. The second kappa shape index (κ2) is 8.81. The van der Waals surface area contributed by atoms with Crippen molar-refractivity contribution in [3.63, 3.8) is 0 Å². The number of benzene rings is 1. The number of aromatic nitrogens is 1. The molecule has 0 unspecified atom stereocenters. The van der Waals surface area contributed by atoms with E-state index in [-0.39, 0.29) is 5.91 Å². The molecule has 0 atom stereocenters. The van der Waals surface area contributed by atoms with E-state index in [1.807, 2.05) is 37.3 Å². The van der Waals surface area contributed by atoms with E-state index in [2.05, 4.69) is 16.4 Å². The number of aryl methyl sites for hydroxylation is 1. The number of carbonyl (C=O) groups excluding carboxylic acids is 1. The van der Waals surface area contributed by atoms with Gasteiger partial charge in [-0.1, -0.05) is 29.8 Å². The summed E-state index contributed by atoms with van der Waals surface area (Å²) in [5.74, 6) is 0.777. The molecule has 0 fully saturated rings. The van der Waals surface area contributed by atoms with E-state index in [0.717, 1.165) is 22.9 Å². The van der Waals surface area contributed by atoms with Gasteiger partial charge in [-0.2, -0.15) is 0 Å². The molecule has 1 aromatic heterocycles. The van der Waals surface area contributed by atoms with E-state index in [1.54, 1.807) is 0 Å². The average molecular weight is 356 g/mol. The number of ether oxygens (including phenoxy) is 1. The first kappa shape index (κ1) is 17.7. The lowest BCUT2D eigenvalue weighted by Crippen LogP contribution is -2.24. The number of rotatable bonds is 7. The third-order valence-corrected chi connectivity index (χ3v) is 5.40. The normalized spacial score (nSPS) is 14.0. The van der Waals surface area contributed by atoms with Crippen molar-refractivity contribution in [2.24, 2.45) is 0 Å². The molecule has 25 heavy (non-hydrogen) atoms. The summed E-state index contributed by atoms with van der Waals surface area (Å²) in [6, 6.07) is 9.64. The molecule has 1 aliphatic carbocycles. The highest BCUT2D eigenvalue weighted by molar-refractivity contribution is 7.13. The van der Waals surface area contributed by atoms with Crippen molar-refractivity contribution in [3.05, 3.63) is 57.6 Å². The van der Waals surface area contributed by atoms with Crippen LogP contribution in [0.1, 0.15) is 52.5 Å². The maximum Gasteiger partial charge on any atom is 0.263 e. The number of para-hydroxylation sites is 1. The van der Waals surface area contributed by atoms with Crippen LogP contribution in [0.25, 0.3) is 0 Å². The molecular weight excluding hydrogens is 332 g/mol. The Balaban J connectivity index is 1.50. The third kappa shape index (κ3) is 5.16. The van der Waals surface area contributed by atoms with E-state index >= 15 is 0 Å². The Bertz CT molecular complexity index is 737. The average Bonchev–Trinajstić information content (AvgIpc) is 3.02. The van der Waals surface area contributed by atoms with Gasteiger partial charge in [0.15, 0.2) is 0 Å². The fourth-order valence-corrected chi connectivity index (χ4v) is 3.83. The van der Waals surface area contributed by atoms with Gasteiger partial charge in [0.05, 0.1) is 5.69 Å². The minimum absolute atomic E-state index is 0.0302. The fourth-order valence-electron chi connectivity index (χ4n) is 2.94. The van der Waals surface area contributed by atoms with Gasteiger partial charge < -0.3 is 10.1 Å². The van der Waals surface area contributed by atoms with E-state index in [0.29, 0.717) is 18.0 Å². The van der Waals surface area contributed by atoms with E-state index in [4.69, 9.17) is 4.74 Å². The number of hydrogen-bond donors (Lipinski definition) is 1. The number of amides is 1. The van der Waals surface area contributed by atoms with Gasteiger partial charge in [-0.05, 0) is 51.2 Å². The highest BCUT2D eigenvalue weighted by atomic mass is 32.1. The quantitative estimate of drug-likeness (QED) is 0.735. The molecule has 3 rings (SSSR count). The van der Waals surface area contributed by atoms with E-state index in [1.165, 1.54) is 42.6 Å². The van der Waals surface area contributed by atoms with Crippen LogP contribution in [-0.4, -0.2) is 17.4 Å². The van der Waals surface area contributed by atoms with Gasteiger partial charge >= 0.3 is 0 Å². The number of carbonyl (C=O) groups is 1. The monoisotopic (exact) mass is 356 g/mol. The zero-order chi connectivity index (χ0) is 17.5. The summed E-state index contributed by atoms with van der Waals surface area (Å²) in [5.41, 5.74) is 2.25. The van der Waals surface area contributed by atoms with Crippen LogP contribution < -0.4 is 10.1 Å². The predicted octanol–water partition coefficient (Wildman–Crippen LogP) is 4.65. The molecule has 0 radical (unpaired) electrons. The Kier molecular flexibility index (Phi) is 6.23. The predicted molar refractivity (Wildman–Crippen MR) is 101 cm³/mol. The van der Waals surface area contributed by atoms with Crippen LogP contribution in [0.3, 0.4) is 0 Å². The van der Waals surface area contributed by atoms with Gasteiger partial charge in [0, 0.05) is 6.54 Å². The largest absolute Gasteiger partial charge is 0.486 e. The summed E-state index contributed by atoms with van der Waals surface area (Å²) in [4.78, 5) is 17.5. The summed E-state index contributed by atoms with van der Waals surface area (Å²) < 4.78 is 5.71. The third-order valence-electron chi connectivity index (χ3n) is 4.27. The first-order valence-electron chi connectivity index (χ1n) is 8.82. The van der Waals surface area contributed by atoms with Gasteiger partial charge in [0.2, 0.25) is 0 Å². The first-order chi connectivity index (χ1) is 12.2. The van der Waals surface area contributed by atoms with Crippen LogP contribution in [-0.2, 0) is 6.61 Å². The van der Waals surface area contributed by atoms with E-state index < -0.39 is 0 Å². The first-order valence-corrected chi connectivity index (χ1v) is 9.64. The molecule has 0 saturated carbocycles. The maximum atomic E-state index is 12.4. The SMILES string of the molecule is Cc1nc(COc2ccccc2)sc1C(=O)NCCC1=CCCCC1. The summed E-state index contributed by atoms with van der Waals surface area (Å²) in [5, 5.41) is 3.84. The summed E-state index contributed by atoms with van der Waals surface area (Å²) in [6.45, 7) is 2.95. The Morgan fingerprint density at radius 2 is 2.12 bits per heavy atom. The number of hydrogen-bond acceptors (Lipinski definition) is 4. The summed E-state index contributed by atoms with van der Waals surface area (Å²) in [6.07, 6.45) is 8.21. The van der Waals surface area contributed by atoms with Crippen LogP contribution in [0, 0.1) is 6.92 Å². The molecule has 0 bridgehead atoms. The second-order valence-corrected chi connectivity index (χ2v) is 7.32. The van der Waals surface area contributed by atoms with Crippen molar-refractivity contribution >= 4 is 17.2 Å². The molecule has 4 nitrogen and oxygen atoms in total. The van der Waals surface area contributed by atoms with Crippen LogP contribution in [0.2, 0.25) is 0 Å². The smallest absolute Gasteiger partial charge is 0.263 e. The lowest BCUT2D eigenvalue weighted by molar-refractivity contribution is 0.0957. The molecular formula is C20H24N2O2S. The van der Waals surface area contributed by atoms with Crippen molar-refractivity contribution in [2.75, 3.05) is 6.54 Å². The topological polar surface area (TPSA) is 51.2 Å². The molecule has 1 amide bonds. The maximum absolute atomic E-state index is 12.4. The second-order valence-electron chi connectivity index (χ2n) is 6.24. The standard InChI is InChI=1S/C20H24N2O2S/c1-15-19(20(23)21-13-12-16-8-4-2-5-9-16)25-18(22-15)14-24-17-10-6-3-7-11-17/h3,6-8,10-11H,2,4-5,9,12-14H2,1H3,(H,21,23). The number of allylic oxidation sites excluding steroid dienone is 1. The zero-order valence-corrected chi connectivity index (χ0v) is 15.4. The zero-order valence-electron chi connectivity index (χ0n) is 14.6. The van der Waals surface area contributed by atoms with Gasteiger partial charge in [-0.25, -0.2) is 4.98 Å². The van der Waals surface area contributed by atoms with Crippen molar-refractivity contribution in [1.29, 1.82) is 0 Å². The molecule has 1 aromatic carbocycles. The molecule has 132 valence electrons. The van der Waals surface area contributed by atoms with Gasteiger partial charge in [-0.3, -0.25) is 4.79 Å². The molecule has 1 heterocycles. The molecule has 1 aliphatic rings. The highest BCUT2D eigenvalue weighted by Crippen LogP contribution is 2.21. The number of thiazole rings is 1. The van der Waals surface area contributed by atoms with Crippen molar-refractivity contribution in [3.8, 4) is 5.75 Å². The molecule has 0 aliphatic heterocycles. The minimum atomic E-state index is -0.0302. The Morgan fingerprint density at radius 1 is 1.28 bits per heavy atom. The molecule has 5 heteroatoms. The van der Waals surface area contributed by atoms with Crippen LogP contribution in [0.5, 0.6) is 5.75 Å². The van der Waals surface area contributed by atoms with Gasteiger partial charge in [0.25, 0.3) is 5.91 Å². The van der Waals surface area contributed by atoms with Crippen LogP contribution >= 0.6 is 11.3 Å². The van der Waals surface area contributed by atoms with Crippen LogP contribution in [0.15, 0.2) is 42.0 Å². The van der Waals surface area contributed by atoms with E-state index in [9.17, 15) is 4.79 Å². The lowest BCUT2D eigenvalue weighted by atomic mass is 9.97. The molecule has 2 aromatic rings. The highest BCUT2D eigenvalue weighted by Gasteiger charge is 2.15. The summed E-state index contributed by atoms with van der Waals surface area (Å²) >= 11 is 1.41. The fraction of sp³-hybridized carbons (Fsp3) is 0.400. The van der Waals surface area contributed by atoms with Crippen molar-refractivity contribution < 1.29 is 9.53 Å². The van der Waals surface area contributed by atoms with Gasteiger partial charge in [0.1, 0.15) is 22.2 Å². The van der Waals surface area contributed by atoms with Crippen molar-refractivity contribution in [1.82, 2.24) is 10.3 Å². The van der Waals surface area contributed by atoms with Crippen LogP contribution in [0.4, 0.5) is 0 Å². The van der Waals surface area contributed by atoms with Gasteiger partial charge in [-0.15, -0.1) is 11.3 Å². The Morgan fingerprint density at radius 3 is 2.88 bits per heavy atom. The molecule has 1 N–H and O–H groups in total. The summed E-state index contributed by atoms with van der Waals surface area (Å²) in [7, 11) is 0. The molecule has 0 spiro atoms. The lowest BCUT2D eigenvalue weighted by Gasteiger charge is -2.12. The Hall–Kier alpha value is -2.14. The van der Waals surface area contributed by atoms with Crippen molar-refractivity contribution in [2.45, 2.75) is 45.6 Å². The number of nitrogens with one attached hydrogen (secondary N) is 1. The Labute approximate surface area is 152 Å². The molecule has 0 saturated heterocycles. The number of nitrogens with zero attached hydrogens (tertiary/aromatic N) is 1.